The normalized spacial score (nSPS) is 10.2. The molecule has 0 heterocycles. The van der Waals surface area contributed by atoms with Crippen molar-refractivity contribution < 1.29 is 128 Å². The molecule has 0 spiro atoms. The van der Waals surface area contributed by atoms with E-state index in [4.69, 9.17) is 5.11 Å². The van der Waals surface area contributed by atoms with Gasteiger partial charge in [0.15, 0.2) is 0 Å². The van der Waals surface area contributed by atoms with Crippen molar-refractivity contribution in [1.29, 1.82) is 0 Å². The first-order valence-electron chi connectivity index (χ1n) is 4.76. The average Bonchev–Trinajstić information content (AvgIpc) is 2.28. The number of aliphatic hydroxyl groups excluding tert-OH is 1. The summed E-state index contributed by atoms with van der Waals surface area (Å²) in [5, 5.41) is 27.3. The fraction of sp³-hybridized carbons (Fsp3) is 0.167. The summed E-state index contributed by atoms with van der Waals surface area (Å²) in [7, 11) is 0. The van der Waals surface area contributed by atoms with Crippen LogP contribution in [0.5, 0.6) is 0 Å². The molecular weight excluding hydrogens is 302 g/mol. The maximum atomic E-state index is 9.97. The minimum atomic E-state index is -1.44. The summed E-state index contributed by atoms with van der Waals surface area (Å²) in [4.78, 5) is 19.3. The Kier molecular flexibility index (Phi) is 20.5. The van der Waals surface area contributed by atoms with Gasteiger partial charge in [0, 0.05) is 0 Å². The van der Waals surface area contributed by atoms with E-state index in [1.165, 1.54) is 6.08 Å². The second kappa shape index (κ2) is 15.5. The number of hydrogen-bond acceptors (Lipinski definition) is 5. The maximum Gasteiger partial charge on any atom is 1.00 e. The molecule has 0 aromatic heterocycles. The molecule has 1 aromatic carbocycles. The summed E-state index contributed by atoms with van der Waals surface area (Å²) < 4.78 is 0. The average molecular weight is 314 g/mol. The van der Waals surface area contributed by atoms with Crippen LogP contribution in [0.2, 0.25) is 0 Å². The van der Waals surface area contributed by atoms with Crippen LogP contribution in [0.15, 0.2) is 36.4 Å². The molecule has 1 unspecified atom stereocenters. The van der Waals surface area contributed by atoms with Crippen LogP contribution in [-0.2, 0) is 9.59 Å². The molecule has 0 saturated carbocycles. The van der Waals surface area contributed by atoms with E-state index >= 15 is 0 Å². The molecule has 1 aromatic rings. The first kappa shape index (κ1) is 25.1. The third-order valence-corrected chi connectivity index (χ3v) is 1.55. The van der Waals surface area contributed by atoms with Gasteiger partial charge in [-0.2, -0.15) is 0 Å². The maximum absolute atomic E-state index is 9.97. The zero-order chi connectivity index (χ0) is 13.3. The zero-order valence-electron chi connectivity index (χ0n) is 11.2. The quantitative estimate of drug-likeness (QED) is 0.441. The molecule has 1 rings (SSSR count). The van der Waals surface area contributed by atoms with Crippen LogP contribution in [0.4, 0.5) is 0 Å². The Labute approximate surface area is 196 Å². The predicted molar refractivity (Wildman–Crippen MR) is 57.2 cm³/mol. The number of rotatable bonds is 3. The van der Waals surface area contributed by atoms with Crippen molar-refractivity contribution in [1.82, 2.24) is 0 Å². The van der Waals surface area contributed by atoms with E-state index in [-0.39, 0.29) is 103 Å². The number of carbonyl (C=O) groups excluding carboxylic acids is 2. The Morgan fingerprint density at radius 3 is 1.89 bits per heavy atom. The number of hydrogen-bond donors (Lipinski definition) is 1. The first-order valence-corrected chi connectivity index (χ1v) is 4.76. The predicted octanol–water partition coefficient (Wildman–Crippen LogP) is -7.43. The smallest absolute Gasteiger partial charge is 0.547 e. The summed E-state index contributed by atoms with van der Waals surface area (Å²) in [6.07, 6.45) is 1.16. The van der Waals surface area contributed by atoms with Crippen molar-refractivity contribution in [3.05, 3.63) is 42.0 Å². The minimum absolute atomic E-state index is 0. The van der Waals surface area contributed by atoms with E-state index in [0.29, 0.717) is 0 Å². The summed E-state index contributed by atoms with van der Waals surface area (Å²) in [6, 6.07) is 9.19. The van der Waals surface area contributed by atoms with E-state index in [0.717, 1.165) is 18.6 Å². The molecule has 7 heteroatoms. The van der Waals surface area contributed by atoms with Gasteiger partial charge in [-0.3, -0.25) is 0 Å². The van der Waals surface area contributed by atoms with Crippen molar-refractivity contribution >= 4 is 18.0 Å². The van der Waals surface area contributed by atoms with Gasteiger partial charge >= 0.3 is 103 Å². The van der Waals surface area contributed by atoms with Gasteiger partial charge in [0.25, 0.3) is 0 Å². The number of carbonyl (C=O) groups is 2. The number of aliphatic hydroxyl groups is 1. The standard InChI is InChI=1S/C9H8O2.C3H6O3.2K/c10-9(11)7-6-8-4-2-1-3-5-8;1-2(4)3(5)6;;/h1-7H,(H,10,11);2,4H,1H3,(H,5,6);;/q;;2*+1/p-2. The largest absolute Gasteiger partial charge is 1.00 e. The molecule has 0 radical (unpaired) electrons. The Hall–Kier alpha value is 1.13. The van der Waals surface area contributed by atoms with E-state index in [1.54, 1.807) is 0 Å². The second-order valence-corrected chi connectivity index (χ2v) is 3.06. The minimum Gasteiger partial charge on any atom is -0.547 e. The number of carboxylic acid groups (broad SMARTS) is 2. The molecule has 0 fully saturated rings. The van der Waals surface area contributed by atoms with Gasteiger partial charge in [-0.1, -0.05) is 36.4 Å². The van der Waals surface area contributed by atoms with Crippen LogP contribution in [-0.4, -0.2) is 23.1 Å². The molecule has 5 nitrogen and oxygen atoms in total. The molecule has 0 saturated heterocycles. The molecule has 0 aliphatic heterocycles. The summed E-state index contributed by atoms with van der Waals surface area (Å²) in [5.74, 6) is -2.61. The van der Waals surface area contributed by atoms with Crippen molar-refractivity contribution in [2.24, 2.45) is 0 Å². The summed E-state index contributed by atoms with van der Waals surface area (Å²) in [6.45, 7) is 1.13. The van der Waals surface area contributed by atoms with Gasteiger partial charge in [0.2, 0.25) is 0 Å². The van der Waals surface area contributed by atoms with Crippen molar-refractivity contribution in [2.75, 3.05) is 0 Å². The third kappa shape index (κ3) is 17.1. The van der Waals surface area contributed by atoms with E-state index in [2.05, 4.69) is 0 Å². The van der Waals surface area contributed by atoms with Gasteiger partial charge in [0.1, 0.15) is 0 Å². The molecule has 92 valence electrons. The molecule has 0 bridgehead atoms. The van der Waals surface area contributed by atoms with E-state index in [1.807, 2.05) is 30.3 Å². The van der Waals surface area contributed by atoms with Gasteiger partial charge in [-0.25, -0.2) is 0 Å². The van der Waals surface area contributed by atoms with Crippen LogP contribution in [0, 0.1) is 0 Å². The van der Waals surface area contributed by atoms with Gasteiger partial charge < -0.3 is 24.9 Å². The molecule has 19 heavy (non-hydrogen) atoms. The fourth-order valence-corrected chi connectivity index (χ4v) is 0.728. The van der Waals surface area contributed by atoms with Crippen LogP contribution < -0.4 is 113 Å². The van der Waals surface area contributed by atoms with Crippen LogP contribution in [0.3, 0.4) is 0 Å². The van der Waals surface area contributed by atoms with Crippen molar-refractivity contribution in [2.45, 2.75) is 13.0 Å². The molecule has 1 atom stereocenters. The van der Waals surface area contributed by atoms with Gasteiger partial charge in [-0.15, -0.1) is 0 Å². The second-order valence-electron chi connectivity index (χ2n) is 3.06. The topological polar surface area (TPSA) is 100 Å². The van der Waals surface area contributed by atoms with Crippen LogP contribution >= 0.6 is 0 Å². The van der Waals surface area contributed by atoms with Crippen molar-refractivity contribution in [3.63, 3.8) is 0 Å². The monoisotopic (exact) mass is 314 g/mol. The van der Waals surface area contributed by atoms with Gasteiger partial charge in [0.05, 0.1) is 18.0 Å². The molecule has 0 aliphatic rings. The Bertz CT molecular complexity index is 390. The number of carboxylic acids is 2. The zero-order valence-corrected chi connectivity index (χ0v) is 17.4. The molecular formula is C12H12K2O5. The van der Waals surface area contributed by atoms with Gasteiger partial charge in [-0.05, 0) is 18.6 Å². The van der Waals surface area contributed by atoms with Crippen molar-refractivity contribution in [3.8, 4) is 0 Å². The SMILES string of the molecule is CC(O)C(=O)[O-].O=C([O-])C=Cc1ccccc1.[K+].[K+]. The fourth-order valence-electron chi connectivity index (χ4n) is 0.728. The Morgan fingerprint density at radius 1 is 1.16 bits per heavy atom. The van der Waals surface area contributed by atoms with E-state index < -0.39 is 18.0 Å². The number of benzene rings is 1. The van der Waals surface area contributed by atoms with Crippen LogP contribution in [0.25, 0.3) is 6.08 Å². The third-order valence-electron chi connectivity index (χ3n) is 1.55. The Balaban J connectivity index is -0.000000282. The summed E-state index contributed by atoms with van der Waals surface area (Å²) >= 11 is 0. The summed E-state index contributed by atoms with van der Waals surface area (Å²) in [5.41, 5.74) is 0.858. The molecule has 0 aliphatic carbocycles. The van der Waals surface area contributed by atoms with E-state index in [9.17, 15) is 19.8 Å². The Morgan fingerprint density at radius 2 is 1.58 bits per heavy atom. The number of aliphatic carboxylic acids is 2. The molecule has 1 N–H and O–H groups in total. The first-order chi connectivity index (χ1) is 7.93. The molecule has 0 amide bonds. The van der Waals surface area contributed by atoms with Crippen LogP contribution in [0.1, 0.15) is 12.5 Å².